The largest absolute Gasteiger partial charge is 0.482 e. The summed E-state index contributed by atoms with van der Waals surface area (Å²) in [5.41, 5.74) is 1.00. The summed E-state index contributed by atoms with van der Waals surface area (Å²) < 4.78 is 13.2. The summed E-state index contributed by atoms with van der Waals surface area (Å²) in [6.07, 6.45) is 4.37. The minimum absolute atomic E-state index is 0.0422. The highest BCUT2D eigenvalue weighted by atomic mass is 16.7. The van der Waals surface area contributed by atoms with Gasteiger partial charge in [0.15, 0.2) is 0 Å². The summed E-state index contributed by atoms with van der Waals surface area (Å²) in [6.45, 7) is 7.85. The normalized spacial score (nSPS) is 32.7. The van der Waals surface area contributed by atoms with Gasteiger partial charge in [0.2, 0.25) is 5.91 Å². The molecule has 8 nitrogen and oxygen atoms in total. The molecule has 6 rings (SSSR count). The summed E-state index contributed by atoms with van der Waals surface area (Å²) in [4.78, 5) is 27.0. The van der Waals surface area contributed by atoms with E-state index in [1.807, 2.05) is 36.4 Å². The van der Waals surface area contributed by atoms with Crippen LogP contribution in [0.4, 0.5) is 4.79 Å². The molecule has 2 aliphatic heterocycles. The van der Waals surface area contributed by atoms with E-state index in [2.05, 4.69) is 31.4 Å². The lowest BCUT2D eigenvalue weighted by Gasteiger charge is -2.64. The second-order valence-corrected chi connectivity index (χ2v) is 11.7. The van der Waals surface area contributed by atoms with Gasteiger partial charge in [-0.25, -0.2) is 4.79 Å². The molecule has 1 aromatic rings. The van der Waals surface area contributed by atoms with Crippen LogP contribution in [0.5, 0.6) is 0 Å². The lowest BCUT2D eigenvalue weighted by molar-refractivity contribution is -0.199. The van der Waals surface area contributed by atoms with Crippen LogP contribution in [0.3, 0.4) is 0 Å². The number of urea groups is 1. The fourth-order valence-corrected chi connectivity index (χ4v) is 7.13. The first-order chi connectivity index (χ1) is 17.2. The van der Waals surface area contributed by atoms with Gasteiger partial charge in [-0.1, -0.05) is 44.2 Å². The van der Waals surface area contributed by atoms with Gasteiger partial charge in [-0.15, -0.1) is 0 Å². The maximum atomic E-state index is 13.0. The van der Waals surface area contributed by atoms with Crippen molar-refractivity contribution in [3.8, 4) is 6.07 Å². The smallest absolute Gasteiger partial charge is 0.404 e. The average molecular weight is 492 g/mol. The Bertz CT molecular complexity index is 1030. The molecule has 1 unspecified atom stereocenters. The monoisotopic (exact) mass is 492 g/mol. The number of amides is 3. The van der Waals surface area contributed by atoms with Crippen molar-refractivity contribution in [2.24, 2.45) is 17.3 Å². The molecule has 2 bridgehead atoms. The number of likely N-dealkylation sites (tertiary alicyclic amines) is 1. The van der Waals surface area contributed by atoms with Gasteiger partial charge in [0.1, 0.15) is 6.42 Å². The third-order valence-corrected chi connectivity index (χ3v) is 9.34. The highest BCUT2D eigenvalue weighted by molar-refractivity contribution is 6.48. The maximum Gasteiger partial charge on any atom is 0.482 e. The molecule has 9 heteroatoms. The van der Waals surface area contributed by atoms with E-state index in [0.29, 0.717) is 31.3 Å². The average Bonchev–Trinajstić information content (AvgIpc) is 3.46. The van der Waals surface area contributed by atoms with E-state index < -0.39 is 7.12 Å². The van der Waals surface area contributed by atoms with Gasteiger partial charge in [-0.3, -0.25) is 4.79 Å². The number of hydrogen-bond acceptors (Lipinski definition) is 5. The van der Waals surface area contributed by atoms with E-state index in [-0.39, 0.29) is 47.5 Å². The molecule has 5 fully saturated rings. The number of nitriles is 1. The standard InChI is InChI=1S/C27H37BN4O4/c1-26(2)19-15-21(26)27(3)22(16-19)35-28(36-27)23(14-18-8-5-4-6-9-18)31-25(34)30-17-20-10-7-13-32(20)24(33)11-12-29/h4-6,8-9,19-23H,7,10-11,13-17H2,1-3H3,(H2,30,31,34)/t19-,20-,21-,22?,23-,27-/m0/s1. The SMILES string of the molecule is CC1(C)[C@@H]2CC3OB([C@H](Cc4ccccc4)NC(=O)NC[C@@H]4CCCN4C(=O)CC#N)O[C@@]3(C)[C@H]1C2. The second kappa shape index (κ2) is 9.72. The fraction of sp³-hybridized carbons (Fsp3) is 0.667. The quantitative estimate of drug-likeness (QED) is 0.570. The molecule has 36 heavy (non-hydrogen) atoms. The van der Waals surface area contributed by atoms with E-state index in [1.165, 1.54) is 6.42 Å². The summed E-state index contributed by atoms with van der Waals surface area (Å²) in [6, 6.07) is 11.6. The minimum Gasteiger partial charge on any atom is -0.404 e. The van der Waals surface area contributed by atoms with Gasteiger partial charge in [-0.05, 0) is 61.8 Å². The molecule has 1 aromatic carbocycles. The van der Waals surface area contributed by atoms with Crippen molar-refractivity contribution in [1.29, 1.82) is 5.26 Å². The lowest BCUT2D eigenvalue weighted by atomic mass is 9.43. The Kier molecular flexibility index (Phi) is 6.77. The Hall–Kier alpha value is -2.57. The van der Waals surface area contributed by atoms with Gasteiger partial charge in [0.05, 0.1) is 23.7 Å². The Morgan fingerprint density at radius 1 is 1.25 bits per heavy atom. The Balaban J connectivity index is 1.25. The molecule has 3 saturated carbocycles. The molecule has 0 radical (unpaired) electrons. The van der Waals surface area contributed by atoms with Crippen LogP contribution in [0.15, 0.2) is 30.3 Å². The van der Waals surface area contributed by atoms with Crippen LogP contribution in [-0.2, 0) is 20.5 Å². The van der Waals surface area contributed by atoms with Crippen LogP contribution in [0.2, 0.25) is 0 Å². The number of carbonyl (C=O) groups is 2. The van der Waals surface area contributed by atoms with E-state index in [0.717, 1.165) is 24.8 Å². The predicted octanol–water partition coefficient (Wildman–Crippen LogP) is 3.07. The first kappa shape index (κ1) is 25.1. The second-order valence-electron chi connectivity index (χ2n) is 11.7. The number of carbonyl (C=O) groups excluding carboxylic acids is 2. The van der Waals surface area contributed by atoms with Gasteiger partial charge >= 0.3 is 13.1 Å². The Morgan fingerprint density at radius 2 is 2.03 bits per heavy atom. The van der Waals surface area contributed by atoms with Crippen molar-refractivity contribution >= 4 is 19.1 Å². The number of nitrogens with zero attached hydrogens (tertiary/aromatic N) is 2. The molecule has 0 spiro atoms. The fourth-order valence-electron chi connectivity index (χ4n) is 7.13. The molecule has 2 N–H and O–H groups in total. The number of benzene rings is 1. The molecule has 2 saturated heterocycles. The number of rotatable bonds is 7. The van der Waals surface area contributed by atoms with Crippen molar-refractivity contribution in [2.75, 3.05) is 13.1 Å². The molecule has 6 atom stereocenters. The van der Waals surface area contributed by atoms with Crippen molar-refractivity contribution in [1.82, 2.24) is 15.5 Å². The van der Waals surface area contributed by atoms with Crippen molar-refractivity contribution in [3.63, 3.8) is 0 Å². The first-order valence-electron chi connectivity index (χ1n) is 13.3. The third kappa shape index (κ3) is 4.50. The highest BCUT2D eigenvalue weighted by Crippen LogP contribution is 2.65. The summed E-state index contributed by atoms with van der Waals surface area (Å²) in [5, 5.41) is 14.9. The van der Waals surface area contributed by atoms with E-state index in [4.69, 9.17) is 14.6 Å². The molecule has 3 amide bonds. The van der Waals surface area contributed by atoms with Crippen LogP contribution in [0, 0.1) is 28.6 Å². The van der Waals surface area contributed by atoms with Gasteiger partial charge < -0.3 is 24.8 Å². The van der Waals surface area contributed by atoms with Crippen LogP contribution < -0.4 is 10.6 Å². The van der Waals surface area contributed by atoms with Crippen molar-refractivity contribution < 1.29 is 18.9 Å². The van der Waals surface area contributed by atoms with Gasteiger partial charge in [0.25, 0.3) is 0 Å². The lowest BCUT2D eigenvalue weighted by Crippen LogP contribution is -2.65. The van der Waals surface area contributed by atoms with Crippen molar-refractivity contribution in [3.05, 3.63) is 35.9 Å². The van der Waals surface area contributed by atoms with Gasteiger partial charge in [-0.2, -0.15) is 5.26 Å². The summed E-state index contributed by atoms with van der Waals surface area (Å²) in [5.74, 6) is 0.582. The molecule has 192 valence electrons. The minimum atomic E-state index is -0.527. The zero-order chi connectivity index (χ0) is 25.5. The zero-order valence-electron chi connectivity index (χ0n) is 21.5. The topological polar surface area (TPSA) is 104 Å². The van der Waals surface area contributed by atoms with E-state index >= 15 is 0 Å². The molecular weight excluding hydrogens is 455 g/mol. The molecule has 2 heterocycles. The van der Waals surface area contributed by atoms with Crippen LogP contribution >= 0.6 is 0 Å². The van der Waals surface area contributed by atoms with Crippen molar-refractivity contribution in [2.45, 2.75) is 83.0 Å². The zero-order valence-corrected chi connectivity index (χ0v) is 21.5. The van der Waals surface area contributed by atoms with E-state index in [9.17, 15) is 9.59 Å². The molecule has 3 aliphatic carbocycles. The maximum absolute atomic E-state index is 13.0. The highest BCUT2D eigenvalue weighted by Gasteiger charge is 2.68. The number of nitrogens with one attached hydrogen (secondary N) is 2. The van der Waals surface area contributed by atoms with Crippen LogP contribution in [0.25, 0.3) is 0 Å². The third-order valence-electron chi connectivity index (χ3n) is 9.34. The Morgan fingerprint density at radius 3 is 2.75 bits per heavy atom. The molecule has 0 aromatic heterocycles. The summed E-state index contributed by atoms with van der Waals surface area (Å²) in [7, 11) is -0.527. The predicted molar refractivity (Wildman–Crippen MR) is 136 cm³/mol. The Labute approximate surface area is 214 Å². The van der Waals surface area contributed by atoms with Crippen LogP contribution in [0.1, 0.15) is 58.4 Å². The first-order valence-corrected chi connectivity index (χ1v) is 13.3. The summed E-state index contributed by atoms with van der Waals surface area (Å²) >= 11 is 0. The van der Waals surface area contributed by atoms with E-state index in [1.54, 1.807) is 4.90 Å². The molecule has 5 aliphatic rings. The molecular formula is C27H37BN4O4. The van der Waals surface area contributed by atoms with Crippen LogP contribution in [-0.4, -0.2) is 60.7 Å². The number of hydrogen-bond donors (Lipinski definition) is 2. The van der Waals surface area contributed by atoms with Gasteiger partial charge in [0, 0.05) is 19.1 Å².